The van der Waals surface area contributed by atoms with Gasteiger partial charge in [0.2, 0.25) is 0 Å². The Labute approximate surface area is 119 Å². The van der Waals surface area contributed by atoms with Gasteiger partial charge in [0, 0.05) is 5.56 Å². The lowest BCUT2D eigenvalue weighted by molar-refractivity contribution is -0.131. The average Bonchev–Trinajstić information content (AvgIpc) is 2.69. The van der Waals surface area contributed by atoms with Crippen molar-refractivity contribution in [1.29, 1.82) is 0 Å². The van der Waals surface area contributed by atoms with Gasteiger partial charge in [0.1, 0.15) is 12.1 Å². The summed E-state index contributed by atoms with van der Waals surface area (Å²) in [6.07, 6.45) is 1.25. The van der Waals surface area contributed by atoms with Gasteiger partial charge in [0.25, 0.3) is 5.91 Å². The van der Waals surface area contributed by atoms with Crippen LogP contribution in [0.1, 0.15) is 22.8 Å². The fraction of sp³-hybridized carbons (Fsp3) is 0.143. The van der Waals surface area contributed by atoms with E-state index in [2.05, 4.69) is 15.3 Å². The molecule has 0 fully saturated rings. The van der Waals surface area contributed by atoms with Gasteiger partial charge < -0.3 is 15.5 Å². The predicted octanol–water partition coefficient (Wildman–Crippen LogP) is 1.00. The van der Waals surface area contributed by atoms with Gasteiger partial charge >= 0.3 is 5.97 Å². The Balaban J connectivity index is 2.23. The normalized spacial score (nSPS) is 20.0. The maximum absolute atomic E-state index is 11.8. The van der Waals surface area contributed by atoms with Crippen molar-refractivity contribution in [3.63, 3.8) is 0 Å². The van der Waals surface area contributed by atoms with E-state index in [9.17, 15) is 14.7 Å². The molecule has 1 aliphatic heterocycles. The second kappa shape index (κ2) is 4.35. The lowest BCUT2D eigenvalue weighted by Gasteiger charge is -2.16. The van der Waals surface area contributed by atoms with Crippen LogP contribution < -0.4 is 5.32 Å². The summed E-state index contributed by atoms with van der Waals surface area (Å²) >= 11 is 0. The molecule has 2 heterocycles. The third-order valence-corrected chi connectivity index (χ3v) is 3.39. The summed E-state index contributed by atoms with van der Waals surface area (Å²) in [5.41, 5.74) is -0.600. The van der Waals surface area contributed by atoms with Crippen LogP contribution in [-0.2, 0) is 10.4 Å². The molecule has 1 amide bonds. The zero-order valence-electron chi connectivity index (χ0n) is 11.0. The number of amides is 1. The molecule has 3 N–H and O–H groups in total. The number of fused-ring (bicyclic) bond motifs is 1. The predicted molar refractivity (Wildman–Crippen MR) is 72.6 cm³/mol. The number of carbonyl (C=O) groups is 2. The lowest BCUT2D eigenvalue weighted by atomic mass is 9.93. The number of anilines is 1. The summed E-state index contributed by atoms with van der Waals surface area (Å²) in [7, 11) is 0. The van der Waals surface area contributed by atoms with Crippen molar-refractivity contribution in [2.75, 3.05) is 5.32 Å². The van der Waals surface area contributed by atoms with Gasteiger partial charge in [-0.05, 0) is 19.1 Å². The first-order valence-corrected chi connectivity index (χ1v) is 6.14. The minimum atomic E-state index is -1.76. The Kier molecular flexibility index (Phi) is 2.74. The number of carboxylic acid groups (broad SMARTS) is 1. The van der Waals surface area contributed by atoms with Gasteiger partial charge in [-0.3, -0.25) is 4.79 Å². The fourth-order valence-corrected chi connectivity index (χ4v) is 2.30. The molecule has 7 nitrogen and oxygen atoms in total. The average molecular weight is 285 g/mol. The van der Waals surface area contributed by atoms with E-state index in [1.807, 2.05) is 0 Å². The van der Waals surface area contributed by atoms with Crippen molar-refractivity contribution in [2.45, 2.75) is 12.5 Å². The second-order valence-electron chi connectivity index (χ2n) is 4.86. The highest BCUT2D eigenvalue weighted by Crippen LogP contribution is 2.39. The first-order valence-electron chi connectivity index (χ1n) is 6.14. The zero-order chi connectivity index (χ0) is 15.2. The van der Waals surface area contributed by atoms with Crippen molar-refractivity contribution in [2.24, 2.45) is 0 Å². The van der Waals surface area contributed by atoms with Crippen LogP contribution in [-0.4, -0.2) is 32.1 Å². The van der Waals surface area contributed by atoms with E-state index in [1.54, 1.807) is 12.1 Å². The number of rotatable bonds is 2. The molecule has 106 valence electrons. The lowest BCUT2D eigenvalue weighted by Crippen LogP contribution is -2.30. The summed E-state index contributed by atoms with van der Waals surface area (Å²) in [5.74, 6) is -1.42. The van der Waals surface area contributed by atoms with Crippen LogP contribution in [0.5, 0.6) is 0 Å². The highest BCUT2D eigenvalue weighted by Gasteiger charge is 2.44. The molecule has 0 spiro atoms. The number of hydrogen-bond acceptors (Lipinski definition) is 5. The first-order chi connectivity index (χ1) is 9.91. The molecule has 1 unspecified atom stereocenters. The quantitative estimate of drug-likeness (QED) is 0.758. The fourth-order valence-electron chi connectivity index (χ4n) is 2.30. The Hall–Kier alpha value is -2.80. The highest BCUT2D eigenvalue weighted by atomic mass is 16.4. The van der Waals surface area contributed by atoms with E-state index in [1.165, 1.54) is 25.4 Å². The number of aromatic carboxylic acids is 1. The molecule has 0 saturated heterocycles. The van der Waals surface area contributed by atoms with Crippen LogP contribution in [0.15, 0.2) is 30.6 Å². The van der Waals surface area contributed by atoms with Gasteiger partial charge in [0.15, 0.2) is 5.60 Å². The number of hydrogen-bond donors (Lipinski definition) is 3. The minimum Gasteiger partial charge on any atom is -0.478 e. The maximum atomic E-state index is 11.8. The number of aromatic nitrogens is 2. The largest absolute Gasteiger partial charge is 0.478 e. The molecule has 1 atom stereocenters. The van der Waals surface area contributed by atoms with E-state index >= 15 is 0 Å². The van der Waals surface area contributed by atoms with Gasteiger partial charge in [-0.25, -0.2) is 14.8 Å². The molecule has 0 aliphatic carbocycles. The summed E-state index contributed by atoms with van der Waals surface area (Å²) in [5, 5.41) is 21.9. The van der Waals surface area contributed by atoms with Crippen LogP contribution >= 0.6 is 0 Å². The van der Waals surface area contributed by atoms with Crippen LogP contribution in [0.4, 0.5) is 5.82 Å². The second-order valence-corrected chi connectivity index (χ2v) is 4.86. The molecule has 21 heavy (non-hydrogen) atoms. The SMILES string of the molecule is CC1(O)C(=O)Nc2ncnc(-c3cccc(C(=O)O)c3)c21. The molecule has 1 aliphatic rings. The number of nitrogens with zero attached hydrogens (tertiary/aromatic N) is 2. The minimum absolute atomic E-state index is 0.0942. The highest BCUT2D eigenvalue weighted by molar-refractivity contribution is 6.05. The third-order valence-electron chi connectivity index (χ3n) is 3.39. The van der Waals surface area contributed by atoms with Crippen molar-refractivity contribution in [3.8, 4) is 11.3 Å². The van der Waals surface area contributed by atoms with E-state index in [4.69, 9.17) is 5.11 Å². The Morgan fingerprint density at radius 3 is 2.81 bits per heavy atom. The molecular formula is C14H11N3O4. The number of carbonyl (C=O) groups excluding carboxylic acids is 1. The zero-order valence-corrected chi connectivity index (χ0v) is 11.0. The van der Waals surface area contributed by atoms with Crippen molar-refractivity contribution in [1.82, 2.24) is 9.97 Å². The summed E-state index contributed by atoms with van der Waals surface area (Å²) < 4.78 is 0. The number of benzene rings is 1. The van der Waals surface area contributed by atoms with Crippen molar-refractivity contribution >= 4 is 17.7 Å². The molecule has 0 bridgehead atoms. The summed E-state index contributed by atoms with van der Waals surface area (Å²) in [4.78, 5) is 30.9. The maximum Gasteiger partial charge on any atom is 0.335 e. The molecule has 1 aromatic carbocycles. The van der Waals surface area contributed by atoms with E-state index in [0.29, 0.717) is 11.3 Å². The van der Waals surface area contributed by atoms with E-state index < -0.39 is 17.5 Å². The van der Waals surface area contributed by atoms with Crippen LogP contribution in [0.2, 0.25) is 0 Å². The van der Waals surface area contributed by atoms with Crippen LogP contribution in [0, 0.1) is 0 Å². The molecule has 0 radical (unpaired) electrons. The molecule has 2 aromatic rings. The smallest absolute Gasteiger partial charge is 0.335 e. The Morgan fingerprint density at radius 2 is 2.10 bits per heavy atom. The molecular weight excluding hydrogens is 274 g/mol. The topological polar surface area (TPSA) is 112 Å². The summed E-state index contributed by atoms with van der Waals surface area (Å²) in [6, 6.07) is 6.12. The molecule has 1 aromatic heterocycles. The van der Waals surface area contributed by atoms with Gasteiger partial charge in [-0.1, -0.05) is 12.1 Å². The van der Waals surface area contributed by atoms with E-state index in [-0.39, 0.29) is 16.9 Å². The van der Waals surface area contributed by atoms with Crippen molar-refractivity contribution < 1.29 is 19.8 Å². The number of aliphatic hydroxyl groups is 1. The Bertz CT molecular complexity index is 771. The summed E-state index contributed by atoms with van der Waals surface area (Å²) in [6.45, 7) is 1.35. The van der Waals surface area contributed by atoms with Crippen LogP contribution in [0.25, 0.3) is 11.3 Å². The standard InChI is InChI=1S/C14H11N3O4/c1-14(21)9-10(15-6-16-11(9)17-13(14)20)7-3-2-4-8(5-7)12(18)19/h2-6,21H,1H3,(H,18,19)(H,15,16,17,20). The monoisotopic (exact) mass is 285 g/mol. The number of carboxylic acids is 1. The van der Waals surface area contributed by atoms with Gasteiger partial charge in [-0.15, -0.1) is 0 Å². The van der Waals surface area contributed by atoms with Gasteiger partial charge in [-0.2, -0.15) is 0 Å². The molecule has 7 heteroatoms. The van der Waals surface area contributed by atoms with Crippen LogP contribution in [0.3, 0.4) is 0 Å². The van der Waals surface area contributed by atoms with E-state index in [0.717, 1.165) is 0 Å². The number of nitrogens with one attached hydrogen (secondary N) is 1. The van der Waals surface area contributed by atoms with Gasteiger partial charge in [0.05, 0.1) is 16.8 Å². The van der Waals surface area contributed by atoms with Crippen molar-refractivity contribution in [3.05, 3.63) is 41.7 Å². The third kappa shape index (κ3) is 1.95. The first kappa shape index (κ1) is 13.2. The Morgan fingerprint density at radius 1 is 1.33 bits per heavy atom. The molecule has 0 saturated carbocycles. The molecule has 3 rings (SSSR count).